The Morgan fingerprint density at radius 1 is 1.46 bits per heavy atom. The summed E-state index contributed by atoms with van der Waals surface area (Å²) in [5.74, 6) is 0.0780. The summed E-state index contributed by atoms with van der Waals surface area (Å²) in [5, 5.41) is 14.0. The van der Waals surface area contributed by atoms with Crippen LogP contribution in [0.1, 0.15) is 43.3 Å². The van der Waals surface area contributed by atoms with Crippen LogP contribution in [-0.4, -0.2) is 65.2 Å². The lowest BCUT2D eigenvalue weighted by molar-refractivity contribution is -0.133. The number of ether oxygens (including phenoxy) is 1. The molecule has 3 heterocycles. The number of aromatic nitrogens is 1. The van der Waals surface area contributed by atoms with Crippen LogP contribution in [0.25, 0.3) is 0 Å². The molecule has 1 amide bonds. The van der Waals surface area contributed by atoms with E-state index in [0.29, 0.717) is 32.0 Å². The number of carbonyl (C=O) groups excluding carboxylic acids is 1. The van der Waals surface area contributed by atoms with Gasteiger partial charge in [0.2, 0.25) is 5.91 Å². The zero-order valence-corrected chi connectivity index (χ0v) is 15.3. The maximum absolute atomic E-state index is 11.4. The van der Waals surface area contributed by atoms with Gasteiger partial charge in [-0.1, -0.05) is 0 Å². The lowest BCUT2D eigenvalue weighted by Gasteiger charge is -2.36. The first kappa shape index (κ1) is 17.8. The van der Waals surface area contributed by atoms with Gasteiger partial charge in [-0.15, -0.1) is 11.3 Å². The number of thiazole rings is 1. The van der Waals surface area contributed by atoms with Gasteiger partial charge < -0.3 is 14.7 Å². The number of piperidine rings is 1. The van der Waals surface area contributed by atoms with Gasteiger partial charge in [0, 0.05) is 38.5 Å². The second-order valence-electron chi connectivity index (χ2n) is 6.89. The van der Waals surface area contributed by atoms with Crippen molar-refractivity contribution in [3.05, 3.63) is 16.1 Å². The van der Waals surface area contributed by atoms with Gasteiger partial charge in [0.05, 0.1) is 18.8 Å². The summed E-state index contributed by atoms with van der Waals surface area (Å²) in [6.45, 7) is 5.46. The summed E-state index contributed by atoms with van der Waals surface area (Å²) in [6, 6.07) is 0.476. The quantitative estimate of drug-likeness (QED) is 0.871. The van der Waals surface area contributed by atoms with E-state index in [0.717, 1.165) is 30.4 Å². The van der Waals surface area contributed by atoms with Gasteiger partial charge in [0.1, 0.15) is 10.6 Å². The van der Waals surface area contributed by atoms with Crippen LogP contribution in [0.5, 0.6) is 0 Å². The van der Waals surface area contributed by atoms with Crippen molar-refractivity contribution in [3.63, 3.8) is 0 Å². The molecule has 134 valence electrons. The number of hydrogen-bond acceptors (Lipinski definition) is 6. The van der Waals surface area contributed by atoms with E-state index in [2.05, 4.69) is 4.90 Å². The number of nitrogens with zero attached hydrogens (tertiary/aromatic N) is 3. The number of amides is 1. The number of aliphatic hydroxyl groups is 1. The minimum absolute atomic E-state index is 0.0780. The molecule has 0 unspecified atom stereocenters. The van der Waals surface area contributed by atoms with Crippen LogP contribution in [-0.2, 0) is 21.7 Å². The number of hydrogen-bond donors (Lipinski definition) is 1. The highest BCUT2D eigenvalue weighted by Gasteiger charge is 2.37. The molecule has 0 spiro atoms. The topological polar surface area (TPSA) is 65.9 Å². The van der Waals surface area contributed by atoms with Crippen molar-refractivity contribution in [3.8, 4) is 0 Å². The van der Waals surface area contributed by atoms with Crippen LogP contribution in [0.3, 0.4) is 0 Å². The van der Waals surface area contributed by atoms with Crippen LogP contribution in [0.15, 0.2) is 5.38 Å². The summed E-state index contributed by atoms with van der Waals surface area (Å²) >= 11 is 1.62. The third-order valence-corrected chi connectivity index (χ3v) is 6.09. The third kappa shape index (κ3) is 3.79. The largest absolute Gasteiger partial charge is 0.383 e. The Kier molecular flexibility index (Phi) is 5.54. The zero-order valence-electron chi connectivity index (χ0n) is 14.5. The minimum Gasteiger partial charge on any atom is -0.383 e. The van der Waals surface area contributed by atoms with Crippen molar-refractivity contribution in [1.82, 2.24) is 14.8 Å². The number of carbonyl (C=O) groups is 1. The Bertz CT molecular complexity index is 569. The molecule has 1 aromatic heterocycles. The van der Waals surface area contributed by atoms with E-state index in [1.165, 1.54) is 12.8 Å². The molecule has 2 aliphatic heterocycles. The first-order chi connectivity index (χ1) is 11.5. The van der Waals surface area contributed by atoms with Crippen molar-refractivity contribution in [2.45, 2.75) is 50.8 Å². The summed E-state index contributed by atoms with van der Waals surface area (Å²) < 4.78 is 5.31. The Hall–Kier alpha value is -1.02. The lowest BCUT2D eigenvalue weighted by atomic mass is 9.89. The van der Waals surface area contributed by atoms with E-state index in [1.54, 1.807) is 30.3 Å². The maximum Gasteiger partial charge on any atom is 0.219 e. The summed E-state index contributed by atoms with van der Waals surface area (Å²) in [6.07, 6.45) is 3.51. The Balaban J connectivity index is 1.62. The monoisotopic (exact) mass is 353 g/mol. The van der Waals surface area contributed by atoms with Crippen molar-refractivity contribution in [1.29, 1.82) is 0 Å². The molecule has 1 aromatic rings. The van der Waals surface area contributed by atoms with Gasteiger partial charge >= 0.3 is 0 Å². The van der Waals surface area contributed by atoms with Gasteiger partial charge in [-0.05, 0) is 32.2 Å². The van der Waals surface area contributed by atoms with E-state index in [9.17, 15) is 9.90 Å². The molecule has 0 bridgehead atoms. The normalized spacial score (nSPS) is 24.5. The van der Waals surface area contributed by atoms with Gasteiger partial charge in [0.15, 0.2) is 0 Å². The van der Waals surface area contributed by atoms with Crippen LogP contribution in [0.4, 0.5) is 0 Å². The molecule has 3 rings (SSSR count). The number of methoxy groups -OCH3 is 1. The predicted octanol–water partition coefficient (Wildman–Crippen LogP) is 1.58. The molecule has 2 fully saturated rings. The van der Waals surface area contributed by atoms with Gasteiger partial charge in [-0.3, -0.25) is 9.69 Å². The standard InChI is InChI=1S/C17H27N3O3S/c1-13(21)19-8-5-17(22,6-9-19)15-12-24-16(18-15)10-20-7-3-4-14(20)11-23-2/h12,14,22H,3-11H2,1-2H3/t14-/m1/s1. The van der Waals surface area contributed by atoms with Crippen molar-refractivity contribution in [2.75, 3.05) is 33.4 Å². The van der Waals surface area contributed by atoms with E-state index in [-0.39, 0.29) is 5.91 Å². The molecular formula is C17H27N3O3S. The first-order valence-electron chi connectivity index (χ1n) is 8.67. The molecular weight excluding hydrogens is 326 g/mol. The molecule has 1 N–H and O–H groups in total. The average molecular weight is 353 g/mol. The van der Waals surface area contributed by atoms with Crippen molar-refractivity contribution < 1.29 is 14.6 Å². The summed E-state index contributed by atoms with van der Waals surface area (Å²) in [7, 11) is 1.75. The Morgan fingerprint density at radius 2 is 2.21 bits per heavy atom. The first-order valence-corrected chi connectivity index (χ1v) is 9.55. The maximum atomic E-state index is 11.4. The average Bonchev–Trinajstić information content (AvgIpc) is 3.19. The molecule has 1 atom stereocenters. The minimum atomic E-state index is -0.891. The van der Waals surface area contributed by atoms with Crippen molar-refractivity contribution >= 4 is 17.2 Å². The SMILES string of the molecule is COC[C@H]1CCCN1Cc1nc(C2(O)CCN(C(C)=O)CC2)cs1. The van der Waals surface area contributed by atoms with Crippen LogP contribution >= 0.6 is 11.3 Å². The van der Waals surface area contributed by atoms with Crippen molar-refractivity contribution in [2.24, 2.45) is 0 Å². The predicted molar refractivity (Wildman–Crippen MR) is 92.8 cm³/mol. The fraction of sp³-hybridized carbons (Fsp3) is 0.765. The van der Waals surface area contributed by atoms with E-state index in [1.807, 2.05) is 5.38 Å². The van der Waals surface area contributed by atoms with Gasteiger partial charge in [0.25, 0.3) is 0 Å². The highest BCUT2D eigenvalue weighted by atomic mass is 32.1. The highest BCUT2D eigenvalue weighted by Crippen LogP contribution is 2.34. The molecule has 24 heavy (non-hydrogen) atoms. The third-order valence-electron chi connectivity index (χ3n) is 5.26. The molecule has 2 aliphatic rings. The molecule has 0 saturated carbocycles. The highest BCUT2D eigenvalue weighted by molar-refractivity contribution is 7.09. The van der Waals surface area contributed by atoms with Gasteiger partial charge in [-0.25, -0.2) is 4.98 Å². The fourth-order valence-corrected chi connectivity index (χ4v) is 4.61. The second-order valence-corrected chi connectivity index (χ2v) is 7.83. The van der Waals surface area contributed by atoms with Crippen LogP contribution in [0.2, 0.25) is 0 Å². The fourth-order valence-electron chi connectivity index (χ4n) is 3.70. The molecule has 0 radical (unpaired) electrons. The van der Waals surface area contributed by atoms with E-state index in [4.69, 9.17) is 9.72 Å². The molecule has 7 heteroatoms. The zero-order chi connectivity index (χ0) is 17.2. The second kappa shape index (κ2) is 7.47. The lowest BCUT2D eigenvalue weighted by Crippen LogP contribution is -2.44. The summed E-state index contributed by atoms with van der Waals surface area (Å²) in [4.78, 5) is 20.4. The molecule has 0 aromatic carbocycles. The summed E-state index contributed by atoms with van der Waals surface area (Å²) in [5.41, 5.74) is -0.120. The number of likely N-dealkylation sites (tertiary alicyclic amines) is 2. The Labute approximate surface area is 147 Å². The van der Waals surface area contributed by atoms with E-state index >= 15 is 0 Å². The number of rotatable bonds is 5. The van der Waals surface area contributed by atoms with E-state index < -0.39 is 5.60 Å². The van der Waals surface area contributed by atoms with Crippen LogP contribution in [0, 0.1) is 0 Å². The van der Waals surface area contributed by atoms with Crippen LogP contribution < -0.4 is 0 Å². The van der Waals surface area contributed by atoms with Gasteiger partial charge in [-0.2, -0.15) is 0 Å². The smallest absolute Gasteiger partial charge is 0.219 e. The molecule has 6 nitrogen and oxygen atoms in total. The molecule has 0 aliphatic carbocycles. The Morgan fingerprint density at radius 3 is 2.88 bits per heavy atom. The molecule has 2 saturated heterocycles.